The molecule has 0 spiro atoms. The first-order valence-electron chi connectivity index (χ1n) is 10.3. The Morgan fingerprint density at radius 1 is 1.12 bits per heavy atom. The third-order valence-electron chi connectivity index (χ3n) is 5.54. The SMILES string of the molecule is COc1ccc(CN2C(=O)CC(c3ncc(C)o3)=Cc3ccc(-c4ccsc4)cc32)cc1. The van der Waals surface area contributed by atoms with Gasteiger partial charge in [-0.3, -0.25) is 4.79 Å². The fourth-order valence-corrected chi connectivity index (χ4v) is 4.53. The molecule has 5 nitrogen and oxygen atoms in total. The van der Waals surface area contributed by atoms with Crippen LogP contribution < -0.4 is 9.64 Å². The Morgan fingerprint density at radius 2 is 1.97 bits per heavy atom. The number of benzene rings is 2. The van der Waals surface area contributed by atoms with Gasteiger partial charge in [0.2, 0.25) is 11.8 Å². The van der Waals surface area contributed by atoms with Crippen molar-refractivity contribution in [3.05, 3.63) is 88.3 Å². The maximum Gasteiger partial charge on any atom is 0.231 e. The molecule has 1 aliphatic heterocycles. The number of aryl methyl sites for hydroxylation is 1. The molecule has 0 aliphatic carbocycles. The second kappa shape index (κ2) is 8.48. The molecule has 2 aromatic carbocycles. The Morgan fingerprint density at radius 3 is 2.66 bits per heavy atom. The van der Waals surface area contributed by atoms with E-state index in [2.05, 4.69) is 40.0 Å². The molecule has 0 unspecified atom stereocenters. The first-order chi connectivity index (χ1) is 15.6. The van der Waals surface area contributed by atoms with Crippen LogP contribution in [0.4, 0.5) is 5.69 Å². The summed E-state index contributed by atoms with van der Waals surface area (Å²) in [4.78, 5) is 19.7. The van der Waals surface area contributed by atoms with E-state index in [9.17, 15) is 4.79 Å². The first kappa shape index (κ1) is 20.3. The van der Waals surface area contributed by atoms with Gasteiger partial charge in [0.15, 0.2) is 0 Å². The monoisotopic (exact) mass is 442 g/mol. The molecular weight excluding hydrogens is 420 g/mol. The molecule has 2 aromatic heterocycles. The van der Waals surface area contributed by atoms with Crippen molar-refractivity contribution in [1.29, 1.82) is 0 Å². The number of carbonyl (C=O) groups excluding carboxylic acids is 1. The average molecular weight is 443 g/mol. The van der Waals surface area contributed by atoms with Crippen LogP contribution in [0.1, 0.15) is 29.2 Å². The molecule has 0 saturated carbocycles. The maximum atomic E-state index is 13.5. The van der Waals surface area contributed by atoms with Crippen molar-refractivity contribution >= 4 is 34.6 Å². The van der Waals surface area contributed by atoms with Gasteiger partial charge in [0.1, 0.15) is 11.5 Å². The van der Waals surface area contributed by atoms with Crippen molar-refractivity contribution in [2.45, 2.75) is 19.9 Å². The number of amides is 1. The number of aromatic nitrogens is 1. The summed E-state index contributed by atoms with van der Waals surface area (Å²) in [5.74, 6) is 2.01. The van der Waals surface area contributed by atoms with Gasteiger partial charge in [0.25, 0.3) is 0 Å². The summed E-state index contributed by atoms with van der Waals surface area (Å²) in [6.07, 6.45) is 3.92. The molecule has 6 heteroatoms. The Bertz CT molecular complexity index is 1290. The van der Waals surface area contributed by atoms with Crippen molar-refractivity contribution in [2.24, 2.45) is 0 Å². The van der Waals surface area contributed by atoms with E-state index in [0.717, 1.165) is 45.0 Å². The van der Waals surface area contributed by atoms with Crippen molar-refractivity contribution in [3.63, 3.8) is 0 Å². The van der Waals surface area contributed by atoms with Gasteiger partial charge in [-0.1, -0.05) is 24.3 Å². The number of oxazole rings is 1. The van der Waals surface area contributed by atoms with Crippen molar-refractivity contribution in [1.82, 2.24) is 4.98 Å². The third-order valence-corrected chi connectivity index (χ3v) is 6.23. The molecule has 0 bridgehead atoms. The lowest BCUT2D eigenvalue weighted by Crippen LogP contribution is -2.30. The van der Waals surface area contributed by atoms with Crippen molar-refractivity contribution < 1.29 is 13.9 Å². The molecule has 0 saturated heterocycles. The second-order valence-electron chi connectivity index (χ2n) is 7.74. The van der Waals surface area contributed by atoms with Gasteiger partial charge in [-0.05, 0) is 70.3 Å². The van der Waals surface area contributed by atoms with E-state index in [4.69, 9.17) is 9.15 Å². The molecule has 160 valence electrons. The maximum absolute atomic E-state index is 13.5. The minimum Gasteiger partial charge on any atom is -0.497 e. The van der Waals surface area contributed by atoms with Gasteiger partial charge >= 0.3 is 0 Å². The highest BCUT2D eigenvalue weighted by molar-refractivity contribution is 7.08. The Hall–Kier alpha value is -3.64. The van der Waals surface area contributed by atoms with Crippen LogP contribution in [0.25, 0.3) is 22.8 Å². The number of ether oxygens (including phenoxy) is 1. The largest absolute Gasteiger partial charge is 0.497 e. The summed E-state index contributed by atoms with van der Waals surface area (Å²) in [6.45, 7) is 2.32. The summed E-state index contributed by atoms with van der Waals surface area (Å²) in [5, 5.41) is 4.18. The Kier molecular flexibility index (Phi) is 5.37. The quantitative estimate of drug-likeness (QED) is 0.369. The van der Waals surface area contributed by atoms with Crippen LogP contribution in [-0.4, -0.2) is 18.0 Å². The third kappa shape index (κ3) is 3.97. The zero-order valence-corrected chi connectivity index (χ0v) is 18.7. The molecule has 5 rings (SSSR count). The van der Waals surface area contributed by atoms with Gasteiger partial charge in [-0.15, -0.1) is 0 Å². The van der Waals surface area contributed by atoms with Gasteiger partial charge < -0.3 is 14.1 Å². The highest BCUT2D eigenvalue weighted by atomic mass is 32.1. The predicted molar refractivity (Wildman–Crippen MR) is 128 cm³/mol. The molecule has 0 N–H and O–H groups in total. The van der Waals surface area contributed by atoms with Crippen LogP contribution in [0.3, 0.4) is 0 Å². The van der Waals surface area contributed by atoms with Crippen molar-refractivity contribution in [2.75, 3.05) is 12.0 Å². The van der Waals surface area contributed by atoms with Crippen molar-refractivity contribution in [3.8, 4) is 16.9 Å². The van der Waals surface area contributed by atoms with Gasteiger partial charge in [-0.2, -0.15) is 11.3 Å². The Labute approximate surface area is 190 Å². The van der Waals surface area contributed by atoms with E-state index in [1.54, 1.807) is 24.6 Å². The molecule has 0 atom stereocenters. The number of hydrogen-bond donors (Lipinski definition) is 0. The summed E-state index contributed by atoms with van der Waals surface area (Å²) in [5.41, 5.74) is 5.89. The van der Waals surface area contributed by atoms with Crippen LogP contribution in [0, 0.1) is 6.92 Å². The minimum absolute atomic E-state index is 0.00383. The van der Waals surface area contributed by atoms with E-state index in [0.29, 0.717) is 12.4 Å². The van der Waals surface area contributed by atoms with Crippen LogP contribution in [0.5, 0.6) is 5.75 Å². The van der Waals surface area contributed by atoms with E-state index >= 15 is 0 Å². The molecule has 4 aromatic rings. The molecule has 0 radical (unpaired) electrons. The lowest BCUT2D eigenvalue weighted by molar-refractivity contribution is -0.117. The molecule has 1 aliphatic rings. The van der Waals surface area contributed by atoms with E-state index in [-0.39, 0.29) is 12.3 Å². The zero-order valence-electron chi connectivity index (χ0n) is 17.9. The zero-order chi connectivity index (χ0) is 22.1. The van der Waals surface area contributed by atoms with Crippen LogP contribution >= 0.6 is 11.3 Å². The predicted octanol–water partition coefficient (Wildman–Crippen LogP) is 6.20. The Balaban J connectivity index is 1.59. The number of methoxy groups -OCH3 is 1. The number of hydrogen-bond acceptors (Lipinski definition) is 5. The normalized spacial score (nSPS) is 13.5. The van der Waals surface area contributed by atoms with Crippen LogP contribution in [0.15, 0.2) is 69.9 Å². The van der Waals surface area contributed by atoms with Gasteiger partial charge in [-0.25, -0.2) is 4.98 Å². The summed E-state index contributed by atoms with van der Waals surface area (Å²) in [6, 6.07) is 16.2. The smallest absolute Gasteiger partial charge is 0.231 e. The average Bonchev–Trinajstić information content (AvgIpc) is 3.47. The first-order valence-corrected chi connectivity index (χ1v) is 11.3. The molecule has 0 fully saturated rings. The summed E-state index contributed by atoms with van der Waals surface area (Å²) in [7, 11) is 1.65. The van der Waals surface area contributed by atoms with E-state index in [1.807, 2.05) is 42.2 Å². The van der Waals surface area contributed by atoms with E-state index < -0.39 is 0 Å². The standard InChI is InChI=1S/C26H22N2O3S/c1-17-14-27-26(31-17)22-11-20-6-5-19(21-9-10-32-16-21)12-24(20)28(25(29)13-22)15-18-3-7-23(30-2)8-4-18/h3-12,14,16H,13,15H2,1-2H3. The fourth-order valence-electron chi connectivity index (χ4n) is 3.87. The highest BCUT2D eigenvalue weighted by Gasteiger charge is 2.26. The van der Waals surface area contributed by atoms with Gasteiger partial charge in [0, 0.05) is 5.57 Å². The molecule has 32 heavy (non-hydrogen) atoms. The van der Waals surface area contributed by atoms with E-state index in [1.165, 1.54) is 0 Å². The number of nitrogens with zero attached hydrogens (tertiary/aromatic N) is 2. The lowest BCUT2D eigenvalue weighted by atomic mass is 10.0. The highest BCUT2D eigenvalue weighted by Crippen LogP contribution is 2.37. The van der Waals surface area contributed by atoms with Gasteiger partial charge in [0.05, 0.1) is 32.0 Å². The number of anilines is 1. The number of fused-ring (bicyclic) bond motifs is 1. The van der Waals surface area contributed by atoms with Crippen LogP contribution in [-0.2, 0) is 11.3 Å². The second-order valence-corrected chi connectivity index (χ2v) is 8.52. The topological polar surface area (TPSA) is 55.6 Å². The summed E-state index contributed by atoms with van der Waals surface area (Å²) < 4.78 is 11.0. The number of thiophene rings is 1. The summed E-state index contributed by atoms with van der Waals surface area (Å²) >= 11 is 1.66. The number of rotatable bonds is 5. The lowest BCUT2D eigenvalue weighted by Gasteiger charge is -2.24. The number of carbonyl (C=O) groups is 1. The molecule has 3 heterocycles. The molecular formula is C26H22N2O3S. The fraction of sp³-hybridized carbons (Fsp3) is 0.154. The van der Waals surface area contributed by atoms with Crippen LogP contribution in [0.2, 0.25) is 0 Å². The minimum atomic E-state index is 0.00383. The molecule has 1 amide bonds.